The van der Waals surface area contributed by atoms with Gasteiger partial charge >= 0.3 is 11.9 Å². The van der Waals surface area contributed by atoms with Crippen LogP contribution in [0.25, 0.3) is 11.8 Å². The van der Waals surface area contributed by atoms with Crippen molar-refractivity contribution in [3.05, 3.63) is 99.5 Å². The van der Waals surface area contributed by atoms with E-state index in [-0.39, 0.29) is 23.7 Å². The lowest BCUT2D eigenvalue weighted by Gasteiger charge is -2.18. The van der Waals surface area contributed by atoms with Crippen LogP contribution < -0.4 is 4.90 Å². The maximum Gasteiger partial charge on any atom is 0.340 e. The third kappa shape index (κ3) is 4.72. The molecule has 1 aliphatic rings. The monoisotopic (exact) mass is 498 g/mol. The first-order valence-corrected chi connectivity index (χ1v) is 12.1. The fraction of sp³-hybridized carbons (Fsp3) is 0.233. The number of aryl methyl sites for hydroxylation is 2. The standard InChI is InChI=1S/C30H30N2O5/c1-7-37-29(34)22-10-14-25(15-11-22)32-21(5)27(30(35)36-6)26(28(32)33)17-23-16-19(3)31(20(23)4)24-12-8-18(2)9-13-24/h8-17H,7H2,1-6H3. The molecule has 37 heavy (non-hydrogen) atoms. The summed E-state index contributed by atoms with van der Waals surface area (Å²) in [6.07, 6.45) is 1.75. The van der Waals surface area contributed by atoms with Gasteiger partial charge in [0.1, 0.15) is 0 Å². The Kier molecular flexibility index (Phi) is 7.16. The summed E-state index contributed by atoms with van der Waals surface area (Å²) in [4.78, 5) is 40.0. The van der Waals surface area contributed by atoms with E-state index in [9.17, 15) is 14.4 Å². The van der Waals surface area contributed by atoms with E-state index in [1.54, 1.807) is 44.2 Å². The van der Waals surface area contributed by atoms with Crippen LogP contribution in [-0.2, 0) is 19.1 Å². The van der Waals surface area contributed by atoms with E-state index in [0.717, 1.165) is 22.6 Å². The predicted molar refractivity (Wildman–Crippen MR) is 143 cm³/mol. The highest BCUT2D eigenvalue weighted by molar-refractivity contribution is 6.24. The number of amides is 1. The van der Waals surface area contributed by atoms with Crippen LogP contribution >= 0.6 is 0 Å². The molecule has 7 heteroatoms. The second-order valence-corrected chi connectivity index (χ2v) is 8.92. The minimum atomic E-state index is -0.588. The van der Waals surface area contributed by atoms with Crippen molar-refractivity contribution >= 4 is 29.6 Å². The Labute approximate surface area is 216 Å². The summed E-state index contributed by atoms with van der Waals surface area (Å²) in [6, 6.07) is 16.7. The lowest BCUT2D eigenvalue weighted by Crippen LogP contribution is -2.24. The molecule has 0 atom stereocenters. The summed E-state index contributed by atoms with van der Waals surface area (Å²) in [5.74, 6) is -1.37. The van der Waals surface area contributed by atoms with Crippen LogP contribution in [0.2, 0.25) is 0 Å². The van der Waals surface area contributed by atoms with E-state index in [1.165, 1.54) is 17.6 Å². The second kappa shape index (κ2) is 10.3. The SMILES string of the molecule is CCOC(=O)c1ccc(N2C(=O)C(=Cc3cc(C)n(-c4ccc(C)cc4)c3C)C(C(=O)OC)=C2C)cc1. The van der Waals surface area contributed by atoms with Crippen LogP contribution in [0.4, 0.5) is 5.69 Å². The number of esters is 2. The molecule has 1 aliphatic heterocycles. The van der Waals surface area contributed by atoms with Crippen molar-refractivity contribution in [3.8, 4) is 5.69 Å². The molecule has 2 aromatic carbocycles. The van der Waals surface area contributed by atoms with Crippen LogP contribution in [0.3, 0.4) is 0 Å². The minimum absolute atomic E-state index is 0.210. The van der Waals surface area contributed by atoms with E-state index < -0.39 is 11.9 Å². The molecule has 0 unspecified atom stereocenters. The van der Waals surface area contributed by atoms with Crippen LogP contribution in [0.15, 0.2) is 71.4 Å². The minimum Gasteiger partial charge on any atom is -0.465 e. The van der Waals surface area contributed by atoms with Crippen molar-refractivity contribution in [3.63, 3.8) is 0 Å². The number of allylic oxidation sites excluding steroid dienone is 1. The fourth-order valence-corrected chi connectivity index (χ4v) is 4.63. The van der Waals surface area contributed by atoms with Gasteiger partial charge in [0, 0.05) is 28.5 Å². The Morgan fingerprint density at radius 2 is 1.51 bits per heavy atom. The molecule has 190 valence electrons. The fourth-order valence-electron chi connectivity index (χ4n) is 4.63. The first kappa shape index (κ1) is 25.7. The predicted octanol–water partition coefficient (Wildman–Crippen LogP) is 5.46. The molecule has 3 aromatic rings. The van der Waals surface area contributed by atoms with Gasteiger partial charge in [-0.3, -0.25) is 9.69 Å². The molecule has 1 amide bonds. The number of benzene rings is 2. The Morgan fingerprint density at radius 3 is 2.11 bits per heavy atom. The van der Waals surface area contributed by atoms with Crippen LogP contribution in [0.1, 0.15) is 46.7 Å². The lowest BCUT2D eigenvalue weighted by molar-refractivity contribution is -0.136. The van der Waals surface area contributed by atoms with Gasteiger partial charge in [0.15, 0.2) is 0 Å². The summed E-state index contributed by atoms with van der Waals surface area (Å²) >= 11 is 0. The first-order chi connectivity index (χ1) is 17.7. The molecule has 0 aliphatic carbocycles. The summed E-state index contributed by atoms with van der Waals surface area (Å²) in [6.45, 7) is 9.75. The zero-order valence-electron chi connectivity index (χ0n) is 21.9. The van der Waals surface area contributed by atoms with Gasteiger partial charge in [0.2, 0.25) is 0 Å². The number of carbonyl (C=O) groups is 3. The molecule has 0 spiro atoms. The van der Waals surface area contributed by atoms with E-state index >= 15 is 0 Å². The van der Waals surface area contributed by atoms with Crippen molar-refractivity contribution in [2.75, 3.05) is 18.6 Å². The van der Waals surface area contributed by atoms with E-state index in [4.69, 9.17) is 9.47 Å². The molecule has 7 nitrogen and oxygen atoms in total. The second-order valence-electron chi connectivity index (χ2n) is 8.92. The largest absolute Gasteiger partial charge is 0.465 e. The Bertz CT molecular complexity index is 1440. The molecule has 0 N–H and O–H groups in total. The number of ether oxygens (including phenoxy) is 2. The number of rotatable bonds is 6. The molecule has 0 radical (unpaired) electrons. The van der Waals surface area contributed by atoms with E-state index in [1.807, 2.05) is 26.8 Å². The number of hydrogen-bond acceptors (Lipinski definition) is 5. The normalized spacial score (nSPS) is 14.5. The molecule has 0 saturated heterocycles. The van der Waals surface area contributed by atoms with E-state index in [0.29, 0.717) is 16.9 Å². The first-order valence-electron chi connectivity index (χ1n) is 12.1. The average molecular weight is 499 g/mol. The van der Waals surface area contributed by atoms with Crippen molar-refractivity contribution in [2.45, 2.75) is 34.6 Å². The number of hydrogen-bond donors (Lipinski definition) is 0. The third-order valence-corrected chi connectivity index (χ3v) is 6.49. The maximum absolute atomic E-state index is 13.7. The van der Waals surface area contributed by atoms with Crippen LogP contribution in [0.5, 0.6) is 0 Å². The van der Waals surface area contributed by atoms with Gasteiger partial charge in [0.25, 0.3) is 5.91 Å². The molecule has 1 aromatic heterocycles. The highest BCUT2D eigenvalue weighted by Gasteiger charge is 2.38. The van der Waals surface area contributed by atoms with Crippen molar-refractivity contribution in [1.82, 2.24) is 4.57 Å². The van der Waals surface area contributed by atoms with Crippen molar-refractivity contribution < 1.29 is 23.9 Å². The molecule has 4 rings (SSSR count). The van der Waals surface area contributed by atoms with Gasteiger partial charge in [-0.2, -0.15) is 0 Å². The number of anilines is 1. The molecular formula is C30H30N2O5. The molecular weight excluding hydrogens is 468 g/mol. The zero-order valence-corrected chi connectivity index (χ0v) is 21.9. The summed E-state index contributed by atoms with van der Waals surface area (Å²) < 4.78 is 12.2. The van der Waals surface area contributed by atoms with Crippen molar-refractivity contribution in [2.24, 2.45) is 0 Å². The highest BCUT2D eigenvalue weighted by atomic mass is 16.5. The zero-order chi connectivity index (χ0) is 26.9. The van der Waals surface area contributed by atoms with Crippen LogP contribution in [-0.4, -0.2) is 36.1 Å². The topological polar surface area (TPSA) is 77.8 Å². The van der Waals surface area contributed by atoms with Crippen molar-refractivity contribution in [1.29, 1.82) is 0 Å². The van der Waals surface area contributed by atoms with Gasteiger partial charge in [-0.15, -0.1) is 0 Å². The number of nitrogens with zero attached hydrogens (tertiary/aromatic N) is 2. The summed E-state index contributed by atoms with van der Waals surface area (Å²) in [5, 5.41) is 0. The van der Waals surface area contributed by atoms with Gasteiger partial charge in [-0.05, 0) is 88.7 Å². The Morgan fingerprint density at radius 1 is 0.892 bits per heavy atom. The smallest absolute Gasteiger partial charge is 0.340 e. The van der Waals surface area contributed by atoms with Gasteiger partial charge < -0.3 is 14.0 Å². The summed E-state index contributed by atoms with van der Waals surface area (Å²) in [5.41, 5.74) is 6.80. The Hall–Kier alpha value is -4.39. The lowest BCUT2D eigenvalue weighted by atomic mass is 10.0. The maximum atomic E-state index is 13.7. The molecule has 0 fully saturated rings. The Balaban J connectivity index is 1.77. The number of carbonyl (C=O) groups excluding carboxylic acids is 3. The van der Waals surface area contributed by atoms with Gasteiger partial charge in [-0.25, -0.2) is 9.59 Å². The molecule has 0 bridgehead atoms. The summed E-state index contributed by atoms with van der Waals surface area (Å²) in [7, 11) is 1.30. The quantitative estimate of drug-likeness (QED) is 0.333. The van der Waals surface area contributed by atoms with Gasteiger partial charge in [0.05, 0.1) is 30.4 Å². The van der Waals surface area contributed by atoms with E-state index in [2.05, 4.69) is 28.8 Å². The highest BCUT2D eigenvalue weighted by Crippen LogP contribution is 2.36. The van der Waals surface area contributed by atoms with Crippen LogP contribution in [0, 0.1) is 20.8 Å². The third-order valence-electron chi connectivity index (χ3n) is 6.49. The molecule has 2 heterocycles. The average Bonchev–Trinajstić information content (AvgIpc) is 3.30. The van der Waals surface area contributed by atoms with Gasteiger partial charge in [-0.1, -0.05) is 17.7 Å². The number of methoxy groups -OCH3 is 1. The number of aromatic nitrogens is 1. The molecule has 0 saturated carbocycles.